The first kappa shape index (κ1) is 26.4. The average Bonchev–Trinajstić information content (AvgIpc) is 2.79. The molecule has 4 rings (SSSR count). The Balaban J connectivity index is 0.00000324. The van der Waals surface area contributed by atoms with Crippen LogP contribution in [-0.4, -0.2) is 45.5 Å². The van der Waals surface area contributed by atoms with Crippen molar-refractivity contribution in [2.75, 3.05) is 36.0 Å². The number of nitrogens with zero attached hydrogens (tertiary/aromatic N) is 4. The number of aromatic nitrogens is 1. The molecule has 0 unspecified atom stereocenters. The minimum absolute atomic E-state index is 0. The van der Waals surface area contributed by atoms with Gasteiger partial charge in [-0.25, -0.2) is 22.2 Å². The Morgan fingerprint density at radius 1 is 0.912 bits per heavy atom. The molecule has 0 spiro atoms. The van der Waals surface area contributed by atoms with Gasteiger partial charge in [0, 0.05) is 43.6 Å². The third-order valence-electron chi connectivity index (χ3n) is 5.18. The summed E-state index contributed by atoms with van der Waals surface area (Å²) >= 11 is 5.81. The third-order valence-corrected chi connectivity index (χ3v) is 6.73. The summed E-state index contributed by atoms with van der Waals surface area (Å²) < 4.78 is 54.6. The normalized spacial score (nSPS) is 13.9. The number of amides is 1. The number of benzene rings is 2. The second-order valence-corrected chi connectivity index (χ2v) is 9.31. The van der Waals surface area contributed by atoms with Gasteiger partial charge in [0.05, 0.1) is 15.8 Å². The van der Waals surface area contributed by atoms with Crippen molar-refractivity contribution < 1.29 is 51.6 Å². The number of hydrogen-bond acceptors (Lipinski definition) is 6. The zero-order valence-electron chi connectivity index (χ0n) is 18.2. The molecule has 1 amide bonds. The van der Waals surface area contributed by atoms with Crippen molar-refractivity contribution >= 4 is 39.0 Å². The number of carbonyl (C=O) groups is 1. The second-order valence-electron chi connectivity index (χ2n) is 7.30. The quantitative estimate of drug-likeness (QED) is 0.477. The molecule has 34 heavy (non-hydrogen) atoms. The Morgan fingerprint density at radius 3 is 2.12 bits per heavy atom. The molecule has 1 fully saturated rings. The second kappa shape index (κ2) is 11.0. The fourth-order valence-corrected chi connectivity index (χ4v) is 4.53. The summed E-state index contributed by atoms with van der Waals surface area (Å²) in [5.41, 5.74) is 0.711. The first-order valence-corrected chi connectivity index (χ1v) is 11.7. The van der Waals surface area contributed by atoms with Crippen molar-refractivity contribution in [1.82, 2.24) is 4.98 Å². The number of sulfonamides is 1. The predicted molar refractivity (Wildman–Crippen MR) is 121 cm³/mol. The van der Waals surface area contributed by atoms with Gasteiger partial charge in [0.2, 0.25) is 0 Å². The Bertz CT molecular complexity index is 1270. The van der Waals surface area contributed by atoms with Gasteiger partial charge in [-0.05, 0) is 54.6 Å². The van der Waals surface area contributed by atoms with Crippen molar-refractivity contribution in [2.24, 2.45) is 0 Å². The van der Waals surface area contributed by atoms with Crippen LogP contribution >= 0.6 is 11.6 Å². The number of rotatable bonds is 5. The number of hydrogen-bond donors (Lipinski definition) is 0. The zero-order chi connectivity index (χ0) is 23.6. The summed E-state index contributed by atoms with van der Waals surface area (Å²) in [6, 6.07) is 12.1. The molecule has 1 aromatic heterocycles. The minimum atomic E-state index is -4.33. The molecular weight excluding hydrogens is 497 g/mol. The molecule has 0 N–H and O–H groups in total. The predicted octanol–water partition coefficient (Wildman–Crippen LogP) is 1.25. The van der Waals surface area contributed by atoms with Gasteiger partial charge in [0.15, 0.2) is 0 Å². The fourth-order valence-electron chi connectivity index (χ4n) is 3.43. The van der Waals surface area contributed by atoms with Gasteiger partial charge in [-0.2, -0.15) is 0 Å². The molecule has 0 bridgehead atoms. The summed E-state index contributed by atoms with van der Waals surface area (Å²) in [5, 5.41) is -0.229. The minimum Gasteiger partial charge on any atom is -0.537 e. The molecule has 12 heteroatoms. The van der Waals surface area contributed by atoms with E-state index in [-0.39, 0.29) is 50.9 Å². The third kappa shape index (κ3) is 6.05. The molecule has 7 nitrogen and oxygen atoms in total. The maximum absolute atomic E-state index is 13.2. The van der Waals surface area contributed by atoms with Crippen LogP contribution in [0.3, 0.4) is 0 Å². The number of anilines is 2. The van der Waals surface area contributed by atoms with Gasteiger partial charge in [0.25, 0.3) is 0 Å². The largest absolute Gasteiger partial charge is 1.00 e. The molecule has 0 atom stereocenters. The Morgan fingerprint density at radius 2 is 1.53 bits per heavy atom. The van der Waals surface area contributed by atoms with Crippen molar-refractivity contribution in [2.45, 2.75) is 4.90 Å². The molecule has 0 radical (unpaired) electrons. The first-order valence-electron chi connectivity index (χ1n) is 9.92. The van der Waals surface area contributed by atoms with Crippen LogP contribution in [-0.2, 0) is 10.0 Å². The maximum Gasteiger partial charge on any atom is 1.00 e. The summed E-state index contributed by atoms with van der Waals surface area (Å²) in [6.07, 6.45) is 1.14. The average molecular weight is 515 g/mol. The van der Waals surface area contributed by atoms with E-state index in [1.165, 1.54) is 18.2 Å². The Kier molecular flexibility index (Phi) is 8.53. The van der Waals surface area contributed by atoms with Crippen LogP contribution in [0.5, 0.6) is 0 Å². The van der Waals surface area contributed by atoms with E-state index in [9.17, 15) is 22.0 Å². The molecular formula is C22H18ClF2N4NaO3S. The molecule has 1 saturated heterocycles. The number of pyridine rings is 1. The molecule has 3 aromatic rings. The van der Waals surface area contributed by atoms with Gasteiger partial charge in [-0.3, -0.25) is 0 Å². The first-order chi connectivity index (χ1) is 15.7. The molecule has 172 valence electrons. The summed E-state index contributed by atoms with van der Waals surface area (Å²) in [6.45, 7) is 2.66. The van der Waals surface area contributed by atoms with E-state index in [4.69, 9.17) is 11.6 Å². The van der Waals surface area contributed by atoms with Crippen LogP contribution in [0.4, 0.5) is 20.3 Å². The maximum atomic E-state index is 13.2. The van der Waals surface area contributed by atoms with Gasteiger partial charge >= 0.3 is 29.6 Å². The van der Waals surface area contributed by atoms with Crippen LogP contribution in [0.25, 0.3) is 4.72 Å². The molecule has 0 saturated carbocycles. The van der Waals surface area contributed by atoms with Gasteiger partial charge in [0.1, 0.15) is 27.5 Å². The Hall–Kier alpha value is -2.24. The zero-order valence-corrected chi connectivity index (χ0v) is 21.7. The molecule has 1 aliphatic heterocycles. The van der Waals surface area contributed by atoms with Crippen LogP contribution in [0.15, 0.2) is 65.7 Å². The van der Waals surface area contributed by atoms with Crippen molar-refractivity contribution in [1.29, 1.82) is 0 Å². The summed E-state index contributed by atoms with van der Waals surface area (Å²) in [5.74, 6) is -1.45. The van der Waals surface area contributed by atoms with E-state index < -0.39 is 21.7 Å². The standard InChI is InChI=1S/C22H19ClF2N4O3S.Na/c23-20-13-16(25)3-7-19(20)22(30)27-33(31,32)18-6-8-21(26-14-18)29-11-9-28(10-12-29)17-4-1-15(24)2-5-17;/h1-8,13-14H,9-12H2,(H,27,30);/q;+1/p-1. The fraction of sp³-hybridized carbons (Fsp3) is 0.182. The van der Waals surface area contributed by atoms with E-state index >= 15 is 0 Å². The van der Waals surface area contributed by atoms with E-state index in [2.05, 4.69) is 14.6 Å². The summed E-state index contributed by atoms with van der Waals surface area (Å²) in [7, 11) is -4.33. The van der Waals surface area contributed by atoms with Gasteiger partial charge in [-0.15, -0.1) is 0 Å². The molecule has 1 aliphatic rings. The van der Waals surface area contributed by atoms with E-state index in [1.807, 2.05) is 4.90 Å². The molecule has 2 heterocycles. The van der Waals surface area contributed by atoms with E-state index in [1.54, 1.807) is 18.2 Å². The number of piperazine rings is 1. The molecule has 0 aliphatic carbocycles. The van der Waals surface area contributed by atoms with Crippen molar-refractivity contribution in [3.8, 4) is 0 Å². The topological polar surface area (TPSA) is 84.7 Å². The monoisotopic (exact) mass is 514 g/mol. The van der Waals surface area contributed by atoms with Crippen LogP contribution in [0.1, 0.15) is 10.4 Å². The van der Waals surface area contributed by atoms with Crippen molar-refractivity contribution in [3.05, 3.63) is 87.7 Å². The Labute approximate surface area is 223 Å². The van der Waals surface area contributed by atoms with E-state index in [0.29, 0.717) is 32.0 Å². The van der Waals surface area contributed by atoms with Gasteiger partial charge < -0.3 is 19.3 Å². The number of halogens is 3. The van der Waals surface area contributed by atoms with Crippen molar-refractivity contribution in [3.63, 3.8) is 0 Å². The van der Waals surface area contributed by atoms with Gasteiger partial charge in [-0.1, -0.05) is 11.6 Å². The van der Waals surface area contributed by atoms with E-state index in [0.717, 1.165) is 30.1 Å². The van der Waals surface area contributed by atoms with Crippen LogP contribution < -0.4 is 39.4 Å². The SMILES string of the molecule is O=C([N-]S(=O)(=O)c1ccc(N2CCN(c3ccc(F)cc3)CC2)nc1)c1ccc(F)cc1Cl.[Na+]. The smallest absolute Gasteiger partial charge is 0.537 e. The molecule has 2 aromatic carbocycles. The summed E-state index contributed by atoms with van der Waals surface area (Å²) in [4.78, 5) is 20.3. The van der Waals surface area contributed by atoms with Crippen LogP contribution in [0.2, 0.25) is 5.02 Å². The van der Waals surface area contributed by atoms with Crippen LogP contribution in [0, 0.1) is 11.6 Å². The number of carbonyl (C=O) groups excluding carboxylic acids is 1.